The fourth-order valence-electron chi connectivity index (χ4n) is 3.10. The Labute approximate surface area is 175 Å². The molecule has 3 aromatic rings. The molecule has 7 heteroatoms. The normalized spacial score (nSPS) is 11.2. The summed E-state index contributed by atoms with van der Waals surface area (Å²) in [6, 6.07) is 17.5. The van der Waals surface area contributed by atoms with Crippen molar-refractivity contribution in [2.75, 3.05) is 11.3 Å². The summed E-state index contributed by atoms with van der Waals surface area (Å²) in [5.41, 5.74) is 3.40. The van der Waals surface area contributed by atoms with Gasteiger partial charge in [-0.15, -0.1) is 0 Å². The Kier molecular flexibility index (Phi) is 6.52. The molecule has 1 N–H and O–H groups in total. The van der Waals surface area contributed by atoms with Crippen LogP contribution in [0.5, 0.6) is 0 Å². The van der Waals surface area contributed by atoms with E-state index in [-0.39, 0.29) is 23.1 Å². The third-order valence-electron chi connectivity index (χ3n) is 4.50. The minimum absolute atomic E-state index is 0.0646. The number of aryl methyl sites for hydroxylation is 1. The molecule has 0 aliphatic carbocycles. The Hall–Kier alpha value is -3.19. The maximum absolute atomic E-state index is 13.3. The molecule has 0 fully saturated rings. The van der Waals surface area contributed by atoms with E-state index >= 15 is 0 Å². The molecule has 0 aromatic heterocycles. The molecule has 0 radical (unpaired) electrons. The lowest BCUT2D eigenvalue weighted by Gasteiger charge is -2.11. The Morgan fingerprint density at radius 2 is 1.77 bits per heavy atom. The van der Waals surface area contributed by atoms with Gasteiger partial charge in [-0.3, -0.25) is 9.52 Å². The maximum atomic E-state index is 13.3. The van der Waals surface area contributed by atoms with Crippen LogP contribution in [0.3, 0.4) is 0 Å². The van der Waals surface area contributed by atoms with Gasteiger partial charge in [-0.25, -0.2) is 12.8 Å². The summed E-state index contributed by atoms with van der Waals surface area (Å²) in [6.07, 6.45) is 0.0646. The maximum Gasteiger partial charge on any atom is 0.310 e. The summed E-state index contributed by atoms with van der Waals surface area (Å²) in [6.45, 7) is 3.82. The topological polar surface area (TPSA) is 72.5 Å². The summed E-state index contributed by atoms with van der Waals surface area (Å²) in [5, 5.41) is 0. The number of hydrogen-bond donors (Lipinski definition) is 1. The van der Waals surface area contributed by atoms with Crippen molar-refractivity contribution in [3.8, 4) is 11.1 Å². The van der Waals surface area contributed by atoms with E-state index in [1.807, 2.05) is 0 Å². The molecule has 0 atom stereocenters. The van der Waals surface area contributed by atoms with Crippen LogP contribution in [0.4, 0.5) is 10.1 Å². The van der Waals surface area contributed by atoms with Crippen LogP contribution in [0.2, 0.25) is 0 Å². The van der Waals surface area contributed by atoms with Crippen LogP contribution in [-0.2, 0) is 26.0 Å². The molecule has 0 saturated heterocycles. The Balaban J connectivity index is 1.78. The number of hydrogen-bond acceptors (Lipinski definition) is 4. The van der Waals surface area contributed by atoms with Gasteiger partial charge in [0, 0.05) is 5.69 Å². The first kappa shape index (κ1) is 21.5. The summed E-state index contributed by atoms with van der Waals surface area (Å²) >= 11 is 0. The number of rotatable bonds is 7. The molecule has 5 nitrogen and oxygen atoms in total. The zero-order chi connectivity index (χ0) is 21.7. The first-order valence-electron chi connectivity index (χ1n) is 9.42. The Morgan fingerprint density at radius 3 is 2.43 bits per heavy atom. The number of benzene rings is 3. The van der Waals surface area contributed by atoms with Gasteiger partial charge in [0.25, 0.3) is 10.0 Å². The van der Waals surface area contributed by atoms with E-state index < -0.39 is 10.0 Å². The number of nitrogens with one attached hydrogen (secondary N) is 1. The lowest BCUT2D eigenvalue weighted by molar-refractivity contribution is -0.142. The van der Waals surface area contributed by atoms with Crippen molar-refractivity contribution < 1.29 is 22.3 Å². The van der Waals surface area contributed by atoms with Gasteiger partial charge in [-0.1, -0.05) is 30.3 Å². The Morgan fingerprint density at radius 1 is 1.03 bits per heavy atom. The van der Waals surface area contributed by atoms with Crippen LogP contribution in [0.15, 0.2) is 71.6 Å². The second-order valence-electron chi connectivity index (χ2n) is 6.77. The predicted molar refractivity (Wildman–Crippen MR) is 114 cm³/mol. The number of ether oxygens (including phenoxy) is 1. The van der Waals surface area contributed by atoms with Crippen LogP contribution >= 0.6 is 0 Å². The molecule has 0 bridgehead atoms. The van der Waals surface area contributed by atoms with Gasteiger partial charge in [0.2, 0.25) is 0 Å². The number of carbonyl (C=O) groups excluding carboxylic acids is 1. The van der Waals surface area contributed by atoms with Gasteiger partial charge in [-0.2, -0.15) is 0 Å². The highest BCUT2D eigenvalue weighted by molar-refractivity contribution is 7.92. The molecule has 0 amide bonds. The van der Waals surface area contributed by atoms with Gasteiger partial charge in [0.15, 0.2) is 0 Å². The number of esters is 1. The fraction of sp³-hybridized carbons (Fsp3) is 0.174. The largest absolute Gasteiger partial charge is 0.466 e. The second kappa shape index (κ2) is 9.09. The molecule has 0 aliphatic heterocycles. The summed E-state index contributed by atoms with van der Waals surface area (Å²) in [7, 11) is -3.81. The molecule has 0 spiro atoms. The zero-order valence-electron chi connectivity index (χ0n) is 16.7. The van der Waals surface area contributed by atoms with Crippen molar-refractivity contribution in [1.29, 1.82) is 0 Å². The molecule has 156 valence electrons. The van der Waals surface area contributed by atoms with Gasteiger partial charge < -0.3 is 4.74 Å². The fourth-order valence-corrected chi connectivity index (χ4v) is 4.15. The second-order valence-corrected chi connectivity index (χ2v) is 8.45. The van der Waals surface area contributed by atoms with Gasteiger partial charge in [-0.05, 0) is 72.5 Å². The summed E-state index contributed by atoms with van der Waals surface area (Å²) in [5.74, 6) is -0.686. The van der Waals surface area contributed by atoms with Crippen LogP contribution < -0.4 is 4.72 Å². The van der Waals surface area contributed by atoms with Crippen molar-refractivity contribution in [1.82, 2.24) is 0 Å². The lowest BCUT2D eigenvalue weighted by atomic mass is 10.0. The molecule has 0 saturated carbocycles. The number of anilines is 1. The van der Waals surface area contributed by atoms with Gasteiger partial charge in [0.1, 0.15) is 5.82 Å². The first-order valence-corrected chi connectivity index (χ1v) is 10.9. The monoisotopic (exact) mass is 427 g/mol. The summed E-state index contributed by atoms with van der Waals surface area (Å²) in [4.78, 5) is 11.7. The van der Waals surface area contributed by atoms with Crippen LogP contribution in [-0.4, -0.2) is 21.0 Å². The molecular formula is C23H22FNO4S. The Bertz CT molecular complexity index is 1160. The van der Waals surface area contributed by atoms with Crippen molar-refractivity contribution in [3.05, 3.63) is 83.7 Å². The van der Waals surface area contributed by atoms with E-state index in [9.17, 15) is 17.6 Å². The average molecular weight is 427 g/mol. The minimum atomic E-state index is -3.81. The van der Waals surface area contributed by atoms with Crippen molar-refractivity contribution in [2.24, 2.45) is 0 Å². The first-order chi connectivity index (χ1) is 14.3. The number of sulfonamides is 1. The molecule has 30 heavy (non-hydrogen) atoms. The predicted octanol–water partition coefficient (Wildman–Crippen LogP) is 4.71. The molecule has 0 heterocycles. The van der Waals surface area contributed by atoms with Crippen molar-refractivity contribution in [3.63, 3.8) is 0 Å². The van der Waals surface area contributed by atoms with E-state index in [2.05, 4.69) is 4.72 Å². The molecule has 0 unspecified atom stereocenters. The van der Waals surface area contributed by atoms with Crippen LogP contribution in [0, 0.1) is 12.7 Å². The smallest absolute Gasteiger partial charge is 0.310 e. The highest BCUT2D eigenvalue weighted by Gasteiger charge is 2.15. The quantitative estimate of drug-likeness (QED) is 0.555. The standard InChI is InChI=1S/C23H22FNO4S/c1-3-29-23(26)15-17-5-4-6-20(14-17)25-30(27,28)21-10-7-18(8-11-21)22-12-9-19(24)13-16(22)2/h4-14,25H,3,15H2,1-2H3. The number of halogens is 1. The van der Waals surface area contributed by atoms with Crippen LogP contribution in [0.25, 0.3) is 11.1 Å². The zero-order valence-corrected chi connectivity index (χ0v) is 17.5. The number of carbonyl (C=O) groups is 1. The minimum Gasteiger partial charge on any atom is -0.466 e. The van der Waals surface area contributed by atoms with Gasteiger partial charge in [0.05, 0.1) is 17.9 Å². The highest BCUT2D eigenvalue weighted by atomic mass is 32.2. The SMILES string of the molecule is CCOC(=O)Cc1cccc(NS(=O)(=O)c2ccc(-c3ccc(F)cc3C)cc2)c1. The van der Waals surface area contributed by atoms with E-state index in [1.165, 1.54) is 24.3 Å². The van der Waals surface area contributed by atoms with E-state index in [0.717, 1.165) is 16.7 Å². The highest BCUT2D eigenvalue weighted by Crippen LogP contribution is 2.26. The third-order valence-corrected chi connectivity index (χ3v) is 5.89. The average Bonchev–Trinajstić information content (AvgIpc) is 2.68. The van der Waals surface area contributed by atoms with Crippen molar-refractivity contribution in [2.45, 2.75) is 25.2 Å². The van der Waals surface area contributed by atoms with Crippen molar-refractivity contribution >= 4 is 21.7 Å². The molecule has 3 aromatic carbocycles. The van der Waals surface area contributed by atoms with Crippen LogP contribution in [0.1, 0.15) is 18.1 Å². The molecular weight excluding hydrogens is 405 g/mol. The lowest BCUT2D eigenvalue weighted by Crippen LogP contribution is -2.13. The third kappa shape index (κ3) is 5.24. The van der Waals surface area contributed by atoms with E-state index in [4.69, 9.17) is 4.74 Å². The molecule has 3 rings (SSSR count). The van der Waals surface area contributed by atoms with Gasteiger partial charge >= 0.3 is 5.97 Å². The molecule has 0 aliphatic rings. The van der Waals surface area contributed by atoms with E-state index in [0.29, 0.717) is 17.9 Å². The van der Waals surface area contributed by atoms with E-state index in [1.54, 1.807) is 56.3 Å². The summed E-state index contributed by atoms with van der Waals surface area (Å²) < 4.78 is 46.3.